The Bertz CT molecular complexity index is 378. The quantitative estimate of drug-likeness (QED) is 0.813. The van der Waals surface area contributed by atoms with Crippen LogP contribution in [0.1, 0.15) is 39.1 Å². The molecule has 1 rings (SSSR count). The van der Waals surface area contributed by atoms with Crippen LogP contribution in [0.3, 0.4) is 0 Å². The summed E-state index contributed by atoms with van der Waals surface area (Å²) in [6.45, 7) is 10.4. The summed E-state index contributed by atoms with van der Waals surface area (Å²) in [5, 5.41) is 12.8. The molecule has 18 heavy (non-hydrogen) atoms. The summed E-state index contributed by atoms with van der Waals surface area (Å²) in [6, 6.07) is 4.23. The molecule has 2 N–H and O–H groups in total. The zero-order valence-electron chi connectivity index (χ0n) is 11.9. The largest absolute Gasteiger partial charge is 0.486 e. The maximum absolute atomic E-state index is 9.48. The van der Waals surface area contributed by atoms with Gasteiger partial charge in [-0.1, -0.05) is 13.8 Å². The molecular weight excluding hydrogens is 228 g/mol. The highest BCUT2D eigenvalue weighted by molar-refractivity contribution is 5.29. The highest BCUT2D eigenvalue weighted by Crippen LogP contribution is 2.19. The van der Waals surface area contributed by atoms with Gasteiger partial charge < -0.3 is 15.2 Å². The van der Waals surface area contributed by atoms with E-state index in [9.17, 15) is 5.11 Å². The van der Waals surface area contributed by atoms with Gasteiger partial charge in [0.2, 0.25) is 0 Å². The number of aromatic nitrogens is 1. The predicted octanol–water partition coefficient (Wildman–Crippen LogP) is 2.04. The van der Waals surface area contributed by atoms with E-state index in [1.54, 1.807) is 6.92 Å². The van der Waals surface area contributed by atoms with E-state index in [-0.39, 0.29) is 6.10 Å². The monoisotopic (exact) mass is 252 g/mol. The molecule has 0 fully saturated rings. The van der Waals surface area contributed by atoms with Crippen LogP contribution in [0, 0.1) is 6.92 Å². The summed E-state index contributed by atoms with van der Waals surface area (Å²) in [5.74, 6) is 0.738. The van der Waals surface area contributed by atoms with Crippen molar-refractivity contribution >= 4 is 0 Å². The molecule has 2 atom stereocenters. The molecule has 0 aliphatic carbocycles. The van der Waals surface area contributed by atoms with Crippen molar-refractivity contribution in [3.8, 4) is 5.75 Å². The minimum absolute atomic E-state index is 0.243. The Morgan fingerprint density at radius 1 is 1.28 bits per heavy atom. The molecule has 0 aliphatic heterocycles. The molecule has 102 valence electrons. The fraction of sp³-hybridized carbons (Fsp3) is 0.643. The zero-order valence-corrected chi connectivity index (χ0v) is 11.9. The maximum Gasteiger partial charge on any atom is 0.142 e. The Labute approximate surface area is 109 Å². The summed E-state index contributed by atoms with van der Waals surface area (Å²) in [4.78, 5) is 4.49. The first-order chi connectivity index (χ1) is 8.40. The lowest BCUT2D eigenvalue weighted by atomic mass is 10.2. The number of pyridine rings is 1. The Morgan fingerprint density at radius 3 is 2.50 bits per heavy atom. The second kappa shape index (κ2) is 6.71. The Balaban J connectivity index is 2.82. The van der Waals surface area contributed by atoms with Crippen LogP contribution < -0.4 is 10.1 Å². The summed E-state index contributed by atoms with van der Waals surface area (Å²) >= 11 is 0. The van der Waals surface area contributed by atoms with E-state index in [0.717, 1.165) is 17.1 Å². The smallest absolute Gasteiger partial charge is 0.142 e. The second-order valence-corrected chi connectivity index (χ2v) is 5.00. The Hall–Kier alpha value is -1.13. The molecule has 0 aliphatic rings. The van der Waals surface area contributed by atoms with Gasteiger partial charge in [0.15, 0.2) is 0 Å². The summed E-state index contributed by atoms with van der Waals surface area (Å²) in [7, 11) is 0. The molecule has 2 unspecified atom stereocenters. The average Bonchev–Trinajstić information content (AvgIpc) is 2.29. The molecule has 0 radical (unpaired) electrons. The number of ether oxygens (including phenoxy) is 1. The lowest BCUT2D eigenvalue weighted by Crippen LogP contribution is -2.27. The molecule has 0 aromatic carbocycles. The molecular formula is C14H24N2O2. The van der Waals surface area contributed by atoms with Crippen LogP contribution in [0.5, 0.6) is 5.75 Å². The maximum atomic E-state index is 9.48. The first-order valence-electron chi connectivity index (χ1n) is 6.44. The van der Waals surface area contributed by atoms with Crippen molar-refractivity contribution in [3.63, 3.8) is 0 Å². The Kier molecular flexibility index (Phi) is 5.56. The van der Waals surface area contributed by atoms with Gasteiger partial charge in [0.05, 0.1) is 11.8 Å². The zero-order chi connectivity index (χ0) is 13.7. The van der Waals surface area contributed by atoms with Gasteiger partial charge in [0.25, 0.3) is 0 Å². The van der Waals surface area contributed by atoms with E-state index < -0.39 is 6.10 Å². The summed E-state index contributed by atoms with van der Waals surface area (Å²) < 4.78 is 5.74. The minimum atomic E-state index is -0.503. The van der Waals surface area contributed by atoms with Crippen molar-refractivity contribution in [3.05, 3.63) is 23.5 Å². The van der Waals surface area contributed by atoms with Gasteiger partial charge in [-0.2, -0.15) is 0 Å². The Morgan fingerprint density at radius 2 is 1.94 bits per heavy atom. The van der Waals surface area contributed by atoms with E-state index in [0.29, 0.717) is 12.6 Å². The number of aliphatic hydroxyl groups excluding tert-OH is 1. The molecule has 0 amide bonds. The van der Waals surface area contributed by atoms with Gasteiger partial charge in [-0.3, -0.25) is 4.98 Å². The van der Waals surface area contributed by atoms with Crippen molar-refractivity contribution in [1.82, 2.24) is 10.3 Å². The normalized spacial score (nSPS) is 14.6. The van der Waals surface area contributed by atoms with Gasteiger partial charge in [-0.15, -0.1) is 0 Å². The third-order valence-electron chi connectivity index (χ3n) is 2.74. The fourth-order valence-corrected chi connectivity index (χ4v) is 1.43. The number of aryl methyl sites for hydroxylation is 1. The first kappa shape index (κ1) is 14.9. The van der Waals surface area contributed by atoms with Crippen LogP contribution >= 0.6 is 0 Å². The lowest BCUT2D eigenvalue weighted by Gasteiger charge is -2.20. The highest BCUT2D eigenvalue weighted by Gasteiger charge is 2.14. The number of hydrogen-bond donors (Lipinski definition) is 2. The van der Waals surface area contributed by atoms with Crippen molar-refractivity contribution in [1.29, 1.82) is 0 Å². The lowest BCUT2D eigenvalue weighted by molar-refractivity contribution is 0.0594. The van der Waals surface area contributed by atoms with Crippen molar-refractivity contribution < 1.29 is 9.84 Å². The molecule has 0 saturated carbocycles. The van der Waals surface area contributed by atoms with Crippen LogP contribution in [0.2, 0.25) is 0 Å². The average molecular weight is 252 g/mol. The van der Waals surface area contributed by atoms with E-state index in [1.165, 1.54) is 0 Å². The van der Waals surface area contributed by atoms with Gasteiger partial charge in [0.1, 0.15) is 11.9 Å². The van der Waals surface area contributed by atoms with E-state index in [4.69, 9.17) is 4.74 Å². The molecule has 4 nitrogen and oxygen atoms in total. The molecule has 1 heterocycles. The van der Waals surface area contributed by atoms with Gasteiger partial charge in [-0.25, -0.2) is 0 Å². The van der Waals surface area contributed by atoms with Crippen molar-refractivity contribution in [2.24, 2.45) is 0 Å². The van der Waals surface area contributed by atoms with Gasteiger partial charge in [-0.05, 0) is 32.9 Å². The van der Waals surface area contributed by atoms with Crippen molar-refractivity contribution in [2.75, 3.05) is 0 Å². The van der Waals surface area contributed by atoms with Crippen LogP contribution in [-0.2, 0) is 6.54 Å². The van der Waals surface area contributed by atoms with E-state index >= 15 is 0 Å². The molecule has 0 bridgehead atoms. The molecule has 4 heteroatoms. The first-order valence-corrected chi connectivity index (χ1v) is 6.44. The number of hydrogen-bond acceptors (Lipinski definition) is 4. The summed E-state index contributed by atoms with van der Waals surface area (Å²) in [6.07, 6.45) is -0.746. The summed E-state index contributed by atoms with van der Waals surface area (Å²) in [5.41, 5.74) is 1.85. The molecule has 1 aromatic heterocycles. The SMILES string of the molecule is Cc1ccc(OC(C)C(C)O)c(CNC(C)C)n1. The number of nitrogens with zero attached hydrogens (tertiary/aromatic N) is 1. The fourth-order valence-electron chi connectivity index (χ4n) is 1.43. The van der Waals surface area contributed by atoms with Gasteiger partial charge >= 0.3 is 0 Å². The molecule has 0 saturated heterocycles. The van der Waals surface area contributed by atoms with Gasteiger partial charge in [0, 0.05) is 18.3 Å². The van der Waals surface area contributed by atoms with Crippen LogP contribution in [0.4, 0.5) is 0 Å². The van der Waals surface area contributed by atoms with Crippen LogP contribution in [-0.4, -0.2) is 28.3 Å². The standard InChI is InChI=1S/C14H24N2O2/c1-9(2)15-8-13-14(7-6-10(3)16-13)18-12(5)11(4)17/h6-7,9,11-12,15,17H,8H2,1-5H3. The highest BCUT2D eigenvalue weighted by atomic mass is 16.5. The van der Waals surface area contributed by atoms with Crippen LogP contribution in [0.25, 0.3) is 0 Å². The van der Waals surface area contributed by atoms with E-state index in [2.05, 4.69) is 24.1 Å². The third-order valence-corrected chi connectivity index (χ3v) is 2.74. The second-order valence-electron chi connectivity index (χ2n) is 5.00. The third kappa shape index (κ3) is 4.63. The predicted molar refractivity (Wildman–Crippen MR) is 72.7 cm³/mol. The molecule has 0 spiro atoms. The number of nitrogens with one attached hydrogen (secondary N) is 1. The molecule has 1 aromatic rings. The van der Waals surface area contributed by atoms with E-state index in [1.807, 2.05) is 26.0 Å². The van der Waals surface area contributed by atoms with Crippen molar-refractivity contribution in [2.45, 2.75) is 59.4 Å². The number of rotatable bonds is 6. The van der Waals surface area contributed by atoms with Crippen LogP contribution in [0.15, 0.2) is 12.1 Å². The topological polar surface area (TPSA) is 54.4 Å². The minimum Gasteiger partial charge on any atom is -0.486 e. The number of aliphatic hydroxyl groups is 1.